The summed E-state index contributed by atoms with van der Waals surface area (Å²) < 4.78 is 0. The lowest BCUT2D eigenvalue weighted by atomic mass is 9.88. The maximum Gasteiger partial charge on any atom is 0.243 e. The Morgan fingerprint density at radius 2 is 1.92 bits per heavy atom. The molecule has 0 bridgehead atoms. The third-order valence-electron chi connectivity index (χ3n) is 4.83. The van der Waals surface area contributed by atoms with Crippen LogP contribution in [-0.4, -0.2) is 40.7 Å². The molecule has 6 heteroatoms. The highest BCUT2D eigenvalue weighted by Gasteiger charge is 2.30. The van der Waals surface area contributed by atoms with Crippen molar-refractivity contribution < 1.29 is 9.59 Å². The number of thiazole rings is 1. The molecule has 25 heavy (non-hydrogen) atoms. The number of hydrogen-bond acceptors (Lipinski definition) is 5. The van der Waals surface area contributed by atoms with Crippen molar-refractivity contribution >= 4 is 28.2 Å². The van der Waals surface area contributed by atoms with Crippen molar-refractivity contribution in [3.8, 4) is 0 Å². The van der Waals surface area contributed by atoms with E-state index in [1.54, 1.807) is 6.20 Å². The zero-order valence-electron chi connectivity index (χ0n) is 14.6. The Morgan fingerprint density at radius 3 is 2.52 bits per heavy atom. The van der Waals surface area contributed by atoms with Gasteiger partial charge in [-0.2, -0.15) is 0 Å². The van der Waals surface area contributed by atoms with Gasteiger partial charge >= 0.3 is 0 Å². The molecular weight excluding hydrogens is 334 g/mol. The minimum atomic E-state index is -0.223. The van der Waals surface area contributed by atoms with Gasteiger partial charge in [-0.25, -0.2) is 4.98 Å². The minimum Gasteiger partial charge on any atom is -0.301 e. The van der Waals surface area contributed by atoms with E-state index in [1.165, 1.54) is 11.3 Å². The fourth-order valence-corrected chi connectivity index (χ4v) is 3.70. The van der Waals surface area contributed by atoms with Crippen molar-refractivity contribution in [2.24, 2.45) is 5.92 Å². The topological polar surface area (TPSA) is 62.3 Å². The van der Waals surface area contributed by atoms with Crippen LogP contribution in [0.2, 0.25) is 0 Å². The van der Waals surface area contributed by atoms with Gasteiger partial charge in [0.15, 0.2) is 10.9 Å². The fourth-order valence-electron chi connectivity index (χ4n) is 3.16. The number of benzene rings is 1. The first-order valence-corrected chi connectivity index (χ1v) is 9.48. The van der Waals surface area contributed by atoms with Crippen molar-refractivity contribution in [3.63, 3.8) is 0 Å². The largest absolute Gasteiger partial charge is 0.301 e. The number of aromatic nitrogens is 1. The molecule has 0 aliphatic carbocycles. The van der Waals surface area contributed by atoms with Gasteiger partial charge in [0.1, 0.15) is 0 Å². The number of nitrogens with zero attached hydrogens (tertiary/aromatic N) is 2. The molecule has 1 atom stereocenters. The van der Waals surface area contributed by atoms with Crippen molar-refractivity contribution in [2.75, 3.05) is 18.4 Å². The summed E-state index contributed by atoms with van der Waals surface area (Å²) in [5.41, 5.74) is 1.95. The lowest BCUT2D eigenvalue weighted by Crippen LogP contribution is -2.47. The molecule has 0 unspecified atom stereocenters. The molecule has 0 radical (unpaired) electrons. The molecule has 1 aliphatic heterocycles. The molecule has 5 nitrogen and oxygen atoms in total. The zero-order chi connectivity index (χ0) is 17.8. The second-order valence-corrected chi connectivity index (χ2v) is 7.44. The number of Topliss-reactive ketones (excluding diaryl/α,β-unsaturated/α-hetero) is 1. The number of nitrogens with one attached hydrogen (secondary N) is 1. The van der Waals surface area contributed by atoms with Crippen molar-refractivity contribution in [2.45, 2.75) is 32.7 Å². The summed E-state index contributed by atoms with van der Waals surface area (Å²) in [5.74, 6) is 0.228. The second-order valence-electron chi connectivity index (χ2n) is 6.54. The second kappa shape index (κ2) is 7.89. The van der Waals surface area contributed by atoms with Crippen LogP contribution in [0, 0.1) is 12.8 Å². The molecule has 1 aliphatic rings. The first kappa shape index (κ1) is 17.8. The van der Waals surface area contributed by atoms with Gasteiger partial charge in [-0.3, -0.25) is 14.5 Å². The maximum atomic E-state index is 12.6. The standard InChI is InChI=1S/C19H23N3O2S/c1-13-3-5-15(6-4-13)17(23)16-7-10-22(11-8-16)14(2)18(24)21-19-20-9-12-25-19/h3-6,9,12,14,16H,7-8,10-11H2,1-2H3,(H,20,21,24)/t14-/m0/s1. The van der Waals surface area contributed by atoms with E-state index in [0.717, 1.165) is 37.1 Å². The van der Waals surface area contributed by atoms with E-state index in [4.69, 9.17) is 0 Å². The van der Waals surface area contributed by atoms with Gasteiger partial charge in [0, 0.05) is 23.1 Å². The highest BCUT2D eigenvalue weighted by atomic mass is 32.1. The van der Waals surface area contributed by atoms with Crippen LogP contribution in [0.1, 0.15) is 35.7 Å². The number of anilines is 1. The highest BCUT2D eigenvalue weighted by Crippen LogP contribution is 2.24. The summed E-state index contributed by atoms with van der Waals surface area (Å²) >= 11 is 1.41. The maximum absolute atomic E-state index is 12.6. The number of amides is 1. The smallest absolute Gasteiger partial charge is 0.243 e. The average Bonchev–Trinajstić information content (AvgIpc) is 3.14. The van der Waals surface area contributed by atoms with E-state index in [0.29, 0.717) is 5.13 Å². The van der Waals surface area contributed by atoms with Crippen molar-refractivity contribution in [3.05, 3.63) is 47.0 Å². The average molecular weight is 357 g/mol. The molecule has 1 aromatic heterocycles. The number of piperidine rings is 1. The van der Waals surface area contributed by atoms with E-state index >= 15 is 0 Å². The van der Waals surface area contributed by atoms with Crippen molar-refractivity contribution in [1.29, 1.82) is 0 Å². The highest BCUT2D eigenvalue weighted by molar-refractivity contribution is 7.13. The Bertz CT molecular complexity index is 720. The van der Waals surface area contributed by atoms with Gasteiger partial charge in [-0.05, 0) is 39.8 Å². The van der Waals surface area contributed by atoms with E-state index in [2.05, 4.69) is 15.2 Å². The predicted molar refractivity (Wildman–Crippen MR) is 100 cm³/mol. The summed E-state index contributed by atoms with van der Waals surface area (Å²) in [6, 6.07) is 7.56. The Labute approximate surface area is 152 Å². The third kappa shape index (κ3) is 4.32. The number of ketones is 1. The molecule has 1 N–H and O–H groups in total. The number of rotatable bonds is 5. The van der Waals surface area contributed by atoms with Crippen LogP contribution in [-0.2, 0) is 4.79 Å². The normalized spacial score (nSPS) is 17.2. The molecular formula is C19H23N3O2S. The molecule has 1 amide bonds. The molecule has 132 valence electrons. The Morgan fingerprint density at radius 1 is 1.24 bits per heavy atom. The summed E-state index contributed by atoms with van der Waals surface area (Å²) in [6.45, 7) is 5.44. The van der Waals surface area contributed by atoms with Gasteiger partial charge in [0.05, 0.1) is 6.04 Å². The Kier molecular flexibility index (Phi) is 5.60. The van der Waals surface area contributed by atoms with E-state index in [-0.39, 0.29) is 23.7 Å². The molecule has 2 aromatic rings. The lowest BCUT2D eigenvalue weighted by molar-refractivity contribution is -0.121. The number of carbonyl (C=O) groups is 2. The monoisotopic (exact) mass is 357 g/mol. The van der Waals surface area contributed by atoms with E-state index in [9.17, 15) is 9.59 Å². The van der Waals surface area contributed by atoms with Gasteiger partial charge in [-0.1, -0.05) is 29.8 Å². The van der Waals surface area contributed by atoms with Crippen LogP contribution in [0.25, 0.3) is 0 Å². The van der Waals surface area contributed by atoms with Crippen LogP contribution in [0.3, 0.4) is 0 Å². The Balaban J connectivity index is 1.53. The fraction of sp³-hybridized carbons (Fsp3) is 0.421. The van der Waals surface area contributed by atoms with Gasteiger partial charge in [0.2, 0.25) is 5.91 Å². The molecule has 3 rings (SSSR count). The number of carbonyl (C=O) groups excluding carboxylic acids is 2. The summed E-state index contributed by atoms with van der Waals surface area (Å²) in [6.07, 6.45) is 3.26. The Hall–Kier alpha value is -2.05. The summed E-state index contributed by atoms with van der Waals surface area (Å²) in [5, 5.41) is 5.31. The number of aryl methyl sites for hydroxylation is 1. The van der Waals surface area contributed by atoms with Crippen molar-refractivity contribution in [1.82, 2.24) is 9.88 Å². The molecule has 1 fully saturated rings. The minimum absolute atomic E-state index is 0.0433. The van der Waals surface area contributed by atoms with Crippen LogP contribution in [0.4, 0.5) is 5.13 Å². The van der Waals surface area contributed by atoms with Crippen LogP contribution < -0.4 is 5.32 Å². The molecule has 2 heterocycles. The molecule has 1 aromatic carbocycles. The van der Waals surface area contributed by atoms with E-state index in [1.807, 2.05) is 43.5 Å². The molecule has 1 saturated heterocycles. The van der Waals surface area contributed by atoms with E-state index < -0.39 is 0 Å². The van der Waals surface area contributed by atoms with Gasteiger partial charge < -0.3 is 5.32 Å². The zero-order valence-corrected chi connectivity index (χ0v) is 15.4. The lowest BCUT2D eigenvalue weighted by Gasteiger charge is -2.34. The number of likely N-dealkylation sites (tertiary alicyclic amines) is 1. The third-order valence-corrected chi connectivity index (χ3v) is 5.51. The summed E-state index contributed by atoms with van der Waals surface area (Å²) in [4.78, 5) is 31.2. The van der Waals surface area contributed by atoms with Crippen LogP contribution >= 0.6 is 11.3 Å². The number of hydrogen-bond donors (Lipinski definition) is 1. The van der Waals surface area contributed by atoms with Crippen LogP contribution in [0.15, 0.2) is 35.8 Å². The first-order valence-electron chi connectivity index (χ1n) is 8.60. The molecule has 0 saturated carbocycles. The van der Waals surface area contributed by atoms with Gasteiger partial charge in [-0.15, -0.1) is 11.3 Å². The SMILES string of the molecule is Cc1ccc(C(=O)C2CCN([C@@H](C)C(=O)Nc3nccs3)CC2)cc1. The first-order chi connectivity index (χ1) is 12.0. The molecule has 0 spiro atoms. The van der Waals surface area contributed by atoms with Crippen LogP contribution in [0.5, 0.6) is 0 Å². The summed E-state index contributed by atoms with van der Waals surface area (Å²) in [7, 11) is 0. The quantitative estimate of drug-likeness (QED) is 0.834. The van der Waals surface area contributed by atoms with Gasteiger partial charge in [0.25, 0.3) is 0 Å². The predicted octanol–water partition coefficient (Wildman–Crippen LogP) is 3.37.